The Bertz CT molecular complexity index is 476. The highest BCUT2D eigenvalue weighted by Gasteiger charge is 2.10. The van der Waals surface area contributed by atoms with Crippen molar-refractivity contribution in [2.45, 2.75) is 0 Å². The number of halogens is 2. The molecule has 0 radical (unpaired) electrons. The molecule has 2 nitrogen and oxygen atoms in total. The van der Waals surface area contributed by atoms with E-state index in [1.54, 1.807) is 0 Å². The number of fused-ring (bicyclic) bond motifs is 1. The molecule has 0 fully saturated rings. The Balaban J connectivity index is 2.83. The molecule has 0 amide bonds. The number of aldehydes is 1. The van der Waals surface area contributed by atoms with Crippen LogP contribution in [0.3, 0.4) is 0 Å². The lowest BCUT2D eigenvalue weighted by molar-refractivity contribution is 0.110. The largest absolute Gasteiger partial charge is 0.452 e. The van der Waals surface area contributed by atoms with Crippen molar-refractivity contribution in [1.82, 2.24) is 0 Å². The highest BCUT2D eigenvalue weighted by atomic mass is 127. The standard InChI is InChI=1S/C9H4ClIO2/c10-9-6-2-1-5(11)3-7(6)13-8(9)4-12/h1-4H. The molecule has 0 atom stereocenters. The third-order valence-corrected chi connectivity index (χ3v) is 2.78. The zero-order valence-corrected chi connectivity index (χ0v) is 9.30. The Labute approximate surface area is 93.0 Å². The van der Waals surface area contributed by atoms with Gasteiger partial charge in [0.25, 0.3) is 0 Å². The molecule has 0 aliphatic rings. The summed E-state index contributed by atoms with van der Waals surface area (Å²) in [7, 11) is 0. The lowest BCUT2D eigenvalue weighted by Gasteiger charge is -1.88. The summed E-state index contributed by atoms with van der Waals surface area (Å²) in [5.74, 6) is 0.193. The second kappa shape index (κ2) is 3.31. The maximum Gasteiger partial charge on any atom is 0.186 e. The quantitative estimate of drug-likeness (QED) is 0.596. The molecule has 1 aromatic heterocycles. The molecule has 2 aromatic rings. The highest BCUT2D eigenvalue weighted by Crippen LogP contribution is 2.30. The van der Waals surface area contributed by atoms with Crippen LogP contribution >= 0.6 is 34.2 Å². The molecular weight excluding hydrogens is 302 g/mol. The van der Waals surface area contributed by atoms with Crippen molar-refractivity contribution in [2.24, 2.45) is 0 Å². The lowest BCUT2D eigenvalue weighted by Crippen LogP contribution is -1.71. The zero-order chi connectivity index (χ0) is 9.42. The van der Waals surface area contributed by atoms with Crippen LogP contribution in [0.2, 0.25) is 5.02 Å². The van der Waals surface area contributed by atoms with E-state index in [0.717, 1.165) is 8.96 Å². The van der Waals surface area contributed by atoms with Crippen LogP contribution in [0.1, 0.15) is 10.6 Å². The van der Waals surface area contributed by atoms with Crippen LogP contribution in [0.4, 0.5) is 0 Å². The number of hydrogen-bond acceptors (Lipinski definition) is 2. The molecule has 0 unspecified atom stereocenters. The average molecular weight is 306 g/mol. The lowest BCUT2D eigenvalue weighted by atomic mass is 10.2. The molecule has 0 aliphatic heterocycles. The zero-order valence-electron chi connectivity index (χ0n) is 6.38. The van der Waals surface area contributed by atoms with Gasteiger partial charge in [0, 0.05) is 8.96 Å². The van der Waals surface area contributed by atoms with Crippen molar-refractivity contribution in [3.05, 3.63) is 32.6 Å². The van der Waals surface area contributed by atoms with Crippen LogP contribution in [-0.2, 0) is 0 Å². The van der Waals surface area contributed by atoms with Gasteiger partial charge in [-0.05, 0) is 40.8 Å². The minimum atomic E-state index is 0.193. The third kappa shape index (κ3) is 1.46. The Morgan fingerprint density at radius 1 is 1.46 bits per heavy atom. The molecule has 0 N–H and O–H groups in total. The van der Waals surface area contributed by atoms with E-state index in [2.05, 4.69) is 22.6 Å². The van der Waals surface area contributed by atoms with Crippen LogP contribution in [0.25, 0.3) is 11.0 Å². The fourth-order valence-corrected chi connectivity index (χ4v) is 1.84. The summed E-state index contributed by atoms with van der Waals surface area (Å²) in [5, 5.41) is 1.17. The molecule has 0 spiro atoms. The molecular formula is C9H4ClIO2. The summed E-state index contributed by atoms with van der Waals surface area (Å²) in [5.41, 5.74) is 0.652. The Hall–Kier alpha value is -0.550. The monoisotopic (exact) mass is 306 g/mol. The summed E-state index contributed by atoms with van der Waals surface area (Å²) in [6.07, 6.45) is 0.620. The van der Waals surface area contributed by atoms with Gasteiger partial charge in [-0.15, -0.1) is 0 Å². The second-order valence-corrected chi connectivity index (χ2v) is 4.16. The van der Waals surface area contributed by atoms with Crippen LogP contribution in [0.5, 0.6) is 0 Å². The minimum Gasteiger partial charge on any atom is -0.452 e. The van der Waals surface area contributed by atoms with Crippen molar-refractivity contribution in [1.29, 1.82) is 0 Å². The Morgan fingerprint density at radius 2 is 2.23 bits per heavy atom. The van der Waals surface area contributed by atoms with Crippen LogP contribution < -0.4 is 0 Å². The SMILES string of the molecule is O=Cc1oc2cc(I)ccc2c1Cl. The van der Waals surface area contributed by atoms with Crippen LogP contribution in [0, 0.1) is 3.57 Å². The predicted octanol–water partition coefficient (Wildman–Crippen LogP) is 3.50. The van der Waals surface area contributed by atoms with Gasteiger partial charge in [-0.2, -0.15) is 0 Å². The molecule has 0 saturated carbocycles. The number of carbonyl (C=O) groups excluding carboxylic acids is 1. The maximum atomic E-state index is 10.5. The van der Waals surface area contributed by atoms with Gasteiger partial charge < -0.3 is 4.42 Å². The smallest absolute Gasteiger partial charge is 0.186 e. The van der Waals surface area contributed by atoms with E-state index in [1.807, 2.05) is 18.2 Å². The number of benzene rings is 1. The third-order valence-electron chi connectivity index (χ3n) is 1.72. The summed E-state index contributed by atoms with van der Waals surface area (Å²) in [4.78, 5) is 10.5. The van der Waals surface area contributed by atoms with Crippen molar-refractivity contribution >= 4 is 51.4 Å². The fourth-order valence-electron chi connectivity index (χ4n) is 1.13. The molecule has 0 bridgehead atoms. The predicted molar refractivity (Wildman–Crippen MR) is 59.3 cm³/mol. The molecule has 4 heteroatoms. The summed E-state index contributed by atoms with van der Waals surface area (Å²) in [6, 6.07) is 5.60. The topological polar surface area (TPSA) is 30.2 Å². The number of carbonyl (C=O) groups is 1. The van der Waals surface area contributed by atoms with Crippen molar-refractivity contribution in [3.8, 4) is 0 Å². The molecule has 0 aliphatic carbocycles. The van der Waals surface area contributed by atoms with Gasteiger partial charge in [0.2, 0.25) is 0 Å². The Kier molecular flexibility index (Phi) is 2.29. The fraction of sp³-hybridized carbons (Fsp3) is 0. The molecule has 66 valence electrons. The molecule has 1 aromatic carbocycles. The number of hydrogen-bond donors (Lipinski definition) is 0. The van der Waals surface area contributed by atoms with Crippen molar-refractivity contribution < 1.29 is 9.21 Å². The van der Waals surface area contributed by atoms with E-state index in [4.69, 9.17) is 16.0 Å². The summed E-state index contributed by atoms with van der Waals surface area (Å²) in [6.45, 7) is 0. The first kappa shape index (κ1) is 9.02. The molecule has 13 heavy (non-hydrogen) atoms. The summed E-state index contributed by atoms with van der Waals surface area (Å²) >= 11 is 8.05. The first-order valence-corrected chi connectivity index (χ1v) is 5.01. The number of furan rings is 1. The molecule has 0 saturated heterocycles. The van der Waals surface area contributed by atoms with E-state index in [9.17, 15) is 4.79 Å². The maximum absolute atomic E-state index is 10.5. The van der Waals surface area contributed by atoms with Gasteiger partial charge in [-0.3, -0.25) is 4.79 Å². The van der Waals surface area contributed by atoms with E-state index >= 15 is 0 Å². The van der Waals surface area contributed by atoms with E-state index in [0.29, 0.717) is 16.9 Å². The summed E-state index contributed by atoms with van der Waals surface area (Å²) < 4.78 is 6.27. The van der Waals surface area contributed by atoms with Crippen LogP contribution in [0.15, 0.2) is 22.6 Å². The Morgan fingerprint density at radius 3 is 2.92 bits per heavy atom. The van der Waals surface area contributed by atoms with Gasteiger partial charge in [0.1, 0.15) is 5.58 Å². The van der Waals surface area contributed by atoms with E-state index in [1.165, 1.54) is 0 Å². The first-order chi connectivity index (χ1) is 6.22. The average Bonchev–Trinajstić information content (AvgIpc) is 2.42. The van der Waals surface area contributed by atoms with Crippen molar-refractivity contribution in [2.75, 3.05) is 0 Å². The van der Waals surface area contributed by atoms with Crippen LogP contribution in [-0.4, -0.2) is 6.29 Å². The van der Waals surface area contributed by atoms with Gasteiger partial charge in [-0.25, -0.2) is 0 Å². The van der Waals surface area contributed by atoms with Crippen molar-refractivity contribution in [3.63, 3.8) is 0 Å². The first-order valence-electron chi connectivity index (χ1n) is 3.55. The molecule has 1 heterocycles. The highest BCUT2D eigenvalue weighted by molar-refractivity contribution is 14.1. The van der Waals surface area contributed by atoms with Gasteiger partial charge in [0.15, 0.2) is 12.0 Å². The molecule has 2 rings (SSSR count). The second-order valence-electron chi connectivity index (χ2n) is 2.54. The van der Waals surface area contributed by atoms with E-state index < -0.39 is 0 Å². The number of rotatable bonds is 1. The minimum absolute atomic E-state index is 0.193. The van der Waals surface area contributed by atoms with Gasteiger partial charge in [0.05, 0.1) is 5.02 Å². The van der Waals surface area contributed by atoms with Gasteiger partial charge >= 0.3 is 0 Å². The normalized spacial score (nSPS) is 10.6. The van der Waals surface area contributed by atoms with Gasteiger partial charge in [-0.1, -0.05) is 11.6 Å². The van der Waals surface area contributed by atoms with E-state index in [-0.39, 0.29) is 5.76 Å².